The molecule has 5 nitrogen and oxygen atoms in total. The van der Waals surface area contributed by atoms with Crippen LogP contribution in [0.2, 0.25) is 5.02 Å². The SMILES string of the molecule is CCNC(=O)C(C)N(Cc1cccc(C)c1)C(=O)COc1ccc(Cl)cc1Br. The maximum Gasteiger partial charge on any atom is 0.261 e. The second kappa shape index (κ2) is 10.5. The van der Waals surface area contributed by atoms with Crippen molar-refractivity contribution in [3.05, 3.63) is 63.1 Å². The van der Waals surface area contributed by atoms with Gasteiger partial charge >= 0.3 is 0 Å². The average Bonchev–Trinajstić information content (AvgIpc) is 2.65. The van der Waals surface area contributed by atoms with Crippen molar-refractivity contribution in [1.82, 2.24) is 10.2 Å². The lowest BCUT2D eigenvalue weighted by Gasteiger charge is -2.28. The third-order valence-corrected chi connectivity index (χ3v) is 5.05. The summed E-state index contributed by atoms with van der Waals surface area (Å²) < 4.78 is 6.32. The Morgan fingerprint density at radius 1 is 1.25 bits per heavy atom. The Balaban J connectivity index is 2.16. The molecule has 2 aromatic carbocycles. The molecule has 0 aliphatic heterocycles. The van der Waals surface area contributed by atoms with Crippen molar-refractivity contribution in [2.75, 3.05) is 13.2 Å². The smallest absolute Gasteiger partial charge is 0.261 e. The van der Waals surface area contributed by atoms with Crippen LogP contribution in [0.3, 0.4) is 0 Å². The summed E-state index contributed by atoms with van der Waals surface area (Å²) in [6.45, 7) is 6.20. The molecule has 0 spiro atoms. The summed E-state index contributed by atoms with van der Waals surface area (Å²) in [6, 6.07) is 12.3. The van der Waals surface area contributed by atoms with Gasteiger partial charge in [-0.15, -0.1) is 0 Å². The first-order chi connectivity index (χ1) is 13.3. The number of benzene rings is 2. The van der Waals surface area contributed by atoms with E-state index < -0.39 is 6.04 Å². The van der Waals surface area contributed by atoms with Gasteiger partial charge in [-0.25, -0.2) is 0 Å². The molecule has 2 rings (SSSR count). The van der Waals surface area contributed by atoms with E-state index in [9.17, 15) is 9.59 Å². The van der Waals surface area contributed by atoms with E-state index in [1.54, 1.807) is 25.1 Å². The highest BCUT2D eigenvalue weighted by molar-refractivity contribution is 9.10. The first kappa shape index (κ1) is 22.2. The van der Waals surface area contributed by atoms with Crippen LogP contribution in [0, 0.1) is 6.92 Å². The Kier molecular flexibility index (Phi) is 8.33. The van der Waals surface area contributed by atoms with Crippen LogP contribution in [-0.2, 0) is 16.1 Å². The molecule has 2 aromatic rings. The second-order valence-corrected chi connectivity index (χ2v) is 7.74. The lowest BCUT2D eigenvalue weighted by Crippen LogP contribution is -2.49. The first-order valence-electron chi connectivity index (χ1n) is 9.02. The first-order valence-corrected chi connectivity index (χ1v) is 10.2. The highest BCUT2D eigenvalue weighted by Gasteiger charge is 2.26. The molecule has 1 N–H and O–H groups in total. The van der Waals surface area contributed by atoms with Crippen LogP contribution in [0.15, 0.2) is 46.9 Å². The van der Waals surface area contributed by atoms with Crippen molar-refractivity contribution in [3.8, 4) is 5.75 Å². The summed E-state index contributed by atoms with van der Waals surface area (Å²) >= 11 is 9.30. The summed E-state index contributed by atoms with van der Waals surface area (Å²) in [5.74, 6) is 0.0391. The van der Waals surface area contributed by atoms with Crippen molar-refractivity contribution in [2.45, 2.75) is 33.4 Å². The lowest BCUT2D eigenvalue weighted by molar-refractivity contribution is -0.142. The van der Waals surface area contributed by atoms with Gasteiger partial charge in [0.15, 0.2) is 6.61 Å². The van der Waals surface area contributed by atoms with Crippen LogP contribution in [0.4, 0.5) is 0 Å². The average molecular weight is 468 g/mol. The fourth-order valence-corrected chi connectivity index (χ4v) is 3.52. The highest BCUT2D eigenvalue weighted by Crippen LogP contribution is 2.28. The number of halogens is 2. The van der Waals surface area contributed by atoms with E-state index in [-0.39, 0.29) is 18.4 Å². The second-order valence-electron chi connectivity index (χ2n) is 6.44. The maximum absolute atomic E-state index is 12.9. The van der Waals surface area contributed by atoms with E-state index in [2.05, 4.69) is 21.2 Å². The van der Waals surface area contributed by atoms with Gasteiger partial charge in [0.2, 0.25) is 5.91 Å². The topological polar surface area (TPSA) is 58.6 Å². The minimum Gasteiger partial charge on any atom is -0.483 e. The molecule has 1 atom stereocenters. The van der Waals surface area contributed by atoms with Gasteiger partial charge in [0.05, 0.1) is 4.47 Å². The number of nitrogens with zero attached hydrogens (tertiary/aromatic N) is 1. The molecule has 0 fully saturated rings. The number of amides is 2. The van der Waals surface area contributed by atoms with Gasteiger partial charge in [-0.3, -0.25) is 9.59 Å². The highest BCUT2D eigenvalue weighted by atomic mass is 79.9. The van der Waals surface area contributed by atoms with E-state index in [0.717, 1.165) is 11.1 Å². The molecule has 2 amide bonds. The minimum atomic E-state index is -0.620. The largest absolute Gasteiger partial charge is 0.483 e. The molecule has 0 radical (unpaired) electrons. The summed E-state index contributed by atoms with van der Waals surface area (Å²) in [5.41, 5.74) is 2.05. The molecule has 28 heavy (non-hydrogen) atoms. The number of aryl methyl sites for hydroxylation is 1. The summed E-state index contributed by atoms with van der Waals surface area (Å²) in [6.07, 6.45) is 0. The van der Waals surface area contributed by atoms with Crippen molar-refractivity contribution in [2.24, 2.45) is 0 Å². The molecule has 0 aliphatic rings. The van der Waals surface area contributed by atoms with Crippen LogP contribution < -0.4 is 10.1 Å². The fourth-order valence-electron chi connectivity index (χ4n) is 2.73. The Morgan fingerprint density at radius 2 is 2.00 bits per heavy atom. The fraction of sp³-hybridized carbons (Fsp3) is 0.333. The maximum atomic E-state index is 12.9. The molecule has 0 bridgehead atoms. The van der Waals surface area contributed by atoms with Gasteiger partial charge in [0, 0.05) is 18.1 Å². The predicted octanol–water partition coefficient (Wildman–Crippen LogP) is 4.34. The molecular formula is C21H24BrClN2O3. The van der Waals surface area contributed by atoms with Crippen LogP contribution >= 0.6 is 27.5 Å². The summed E-state index contributed by atoms with van der Waals surface area (Å²) in [5, 5.41) is 3.34. The summed E-state index contributed by atoms with van der Waals surface area (Å²) in [4.78, 5) is 26.8. The number of carbonyl (C=O) groups is 2. The standard InChI is InChI=1S/C21H24BrClN2O3/c1-4-24-21(27)15(3)25(12-16-7-5-6-14(2)10-16)20(26)13-28-19-9-8-17(23)11-18(19)22/h5-11,15H,4,12-13H2,1-3H3,(H,24,27). The molecule has 0 saturated carbocycles. The van der Waals surface area contributed by atoms with Gasteiger partial charge in [-0.2, -0.15) is 0 Å². The van der Waals surface area contributed by atoms with Crippen molar-refractivity contribution in [3.63, 3.8) is 0 Å². The molecule has 150 valence electrons. The zero-order chi connectivity index (χ0) is 20.7. The van der Waals surface area contributed by atoms with Gasteiger partial charge in [-0.05, 0) is 60.5 Å². The van der Waals surface area contributed by atoms with Gasteiger partial charge < -0.3 is 15.0 Å². The minimum absolute atomic E-state index is 0.185. The van der Waals surface area contributed by atoms with E-state index >= 15 is 0 Å². The number of hydrogen-bond acceptors (Lipinski definition) is 3. The third kappa shape index (κ3) is 6.24. The Labute approximate surface area is 179 Å². The van der Waals surface area contributed by atoms with Gasteiger partial charge in [0.25, 0.3) is 5.91 Å². The van der Waals surface area contributed by atoms with Gasteiger partial charge in [0.1, 0.15) is 11.8 Å². The van der Waals surface area contributed by atoms with Crippen LogP contribution in [-0.4, -0.2) is 35.9 Å². The number of nitrogens with one attached hydrogen (secondary N) is 1. The molecule has 7 heteroatoms. The van der Waals surface area contributed by atoms with E-state index in [1.165, 1.54) is 4.90 Å². The quantitative estimate of drug-likeness (QED) is 0.628. The monoisotopic (exact) mass is 466 g/mol. The molecule has 0 saturated heterocycles. The molecule has 0 aromatic heterocycles. The Hall–Kier alpha value is -2.05. The lowest BCUT2D eigenvalue weighted by atomic mass is 10.1. The molecule has 0 heterocycles. The van der Waals surface area contributed by atoms with E-state index in [1.807, 2.05) is 38.1 Å². The zero-order valence-corrected chi connectivity index (χ0v) is 18.5. The zero-order valence-electron chi connectivity index (χ0n) is 16.2. The van der Waals surface area contributed by atoms with Crippen molar-refractivity contribution in [1.29, 1.82) is 0 Å². The predicted molar refractivity (Wildman–Crippen MR) is 115 cm³/mol. The van der Waals surface area contributed by atoms with Crippen LogP contribution in [0.1, 0.15) is 25.0 Å². The van der Waals surface area contributed by atoms with E-state index in [4.69, 9.17) is 16.3 Å². The number of likely N-dealkylation sites (N-methyl/N-ethyl adjacent to an activating group) is 1. The summed E-state index contributed by atoms with van der Waals surface area (Å²) in [7, 11) is 0. The van der Waals surface area contributed by atoms with Crippen molar-refractivity contribution < 1.29 is 14.3 Å². The normalized spacial score (nSPS) is 11.6. The number of hydrogen-bond donors (Lipinski definition) is 1. The van der Waals surface area contributed by atoms with Gasteiger partial charge in [-0.1, -0.05) is 41.4 Å². The number of ether oxygens (including phenoxy) is 1. The van der Waals surface area contributed by atoms with Crippen LogP contribution in [0.25, 0.3) is 0 Å². The molecule has 1 unspecified atom stereocenters. The number of rotatable bonds is 8. The van der Waals surface area contributed by atoms with E-state index in [0.29, 0.717) is 28.3 Å². The van der Waals surface area contributed by atoms with Crippen LogP contribution in [0.5, 0.6) is 5.75 Å². The van der Waals surface area contributed by atoms with Crippen molar-refractivity contribution >= 4 is 39.3 Å². The number of carbonyl (C=O) groups excluding carboxylic acids is 2. The Morgan fingerprint density at radius 3 is 2.64 bits per heavy atom. The molecular weight excluding hydrogens is 444 g/mol. The third-order valence-electron chi connectivity index (χ3n) is 4.20. The Bertz CT molecular complexity index is 844. The molecule has 0 aliphatic carbocycles.